The highest BCUT2D eigenvalue weighted by atomic mass is 16.5. The third-order valence-electron chi connectivity index (χ3n) is 3.26. The average Bonchev–Trinajstić information content (AvgIpc) is 2.56. The van der Waals surface area contributed by atoms with Gasteiger partial charge in [-0.15, -0.1) is 0 Å². The number of nitrogens with one attached hydrogen (secondary N) is 1. The van der Waals surface area contributed by atoms with Crippen LogP contribution in [0.15, 0.2) is 51.8 Å². The van der Waals surface area contributed by atoms with E-state index in [0.29, 0.717) is 17.0 Å². The highest BCUT2D eigenvalue weighted by molar-refractivity contribution is 5.90. The lowest BCUT2D eigenvalue weighted by molar-refractivity contribution is 0.168. The summed E-state index contributed by atoms with van der Waals surface area (Å²) in [6.07, 6.45) is 0.895. The Morgan fingerprint density at radius 3 is 2.96 bits per heavy atom. The summed E-state index contributed by atoms with van der Waals surface area (Å²) in [7, 11) is 0. The largest absolute Gasteiger partial charge is 0.508 e. The number of aromatic hydroxyl groups is 1. The molecule has 7 heteroatoms. The molecular formula is C17H14N2O5. The number of hydrogen-bond donors (Lipinski definition) is 2. The average molecular weight is 326 g/mol. The normalized spacial score (nSPS) is 10.5. The van der Waals surface area contributed by atoms with Gasteiger partial charge in [0.15, 0.2) is 11.2 Å². The highest BCUT2D eigenvalue weighted by Gasteiger charge is 2.14. The fourth-order valence-corrected chi connectivity index (χ4v) is 2.24. The van der Waals surface area contributed by atoms with Gasteiger partial charge >= 0.3 is 6.09 Å². The summed E-state index contributed by atoms with van der Waals surface area (Å²) in [4.78, 5) is 28.1. The lowest BCUT2D eigenvalue weighted by Crippen LogP contribution is -2.14. The molecular weight excluding hydrogens is 312 g/mol. The molecule has 1 aromatic carbocycles. The summed E-state index contributed by atoms with van der Waals surface area (Å²) in [6, 6.07) is 8.78. The van der Waals surface area contributed by atoms with Crippen LogP contribution in [0, 0.1) is 0 Å². The first-order chi connectivity index (χ1) is 11.6. The zero-order chi connectivity index (χ0) is 17.1. The molecule has 0 aliphatic heterocycles. The molecule has 3 rings (SSSR count). The standard InChI is InChI=1S/C17H14N2O5/c1-2-23-17(22)19-12-4-3-7-18-16(12)15-9-13(21)11-8-10(20)5-6-14(11)24-15/h3-9,20H,2H2,1H3,(H,19,22). The zero-order valence-electron chi connectivity index (χ0n) is 12.8. The van der Waals surface area contributed by atoms with Crippen LogP contribution in [0.1, 0.15) is 6.92 Å². The van der Waals surface area contributed by atoms with E-state index in [9.17, 15) is 14.7 Å². The summed E-state index contributed by atoms with van der Waals surface area (Å²) in [5.74, 6) is 0.177. The minimum Gasteiger partial charge on any atom is -0.508 e. The molecule has 0 saturated heterocycles. The minimum atomic E-state index is -0.625. The number of nitrogens with zero attached hydrogens (tertiary/aromatic N) is 1. The summed E-state index contributed by atoms with van der Waals surface area (Å²) >= 11 is 0. The van der Waals surface area contributed by atoms with Crippen LogP contribution in [0.25, 0.3) is 22.4 Å². The van der Waals surface area contributed by atoms with Gasteiger partial charge in [-0.25, -0.2) is 4.79 Å². The molecule has 0 bridgehead atoms. The van der Waals surface area contributed by atoms with Crippen LogP contribution < -0.4 is 10.7 Å². The predicted octanol–water partition coefficient (Wildman–Crippen LogP) is 3.13. The number of phenolic OH excluding ortho intramolecular Hbond substituents is 1. The van der Waals surface area contributed by atoms with E-state index in [1.54, 1.807) is 19.1 Å². The van der Waals surface area contributed by atoms with Crippen molar-refractivity contribution in [2.75, 3.05) is 11.9 Å². The van der Waals surface area contributed by atoms with Gasteiger partial charge in [0.25, 0.3) is 0 Å². The number of carbonyl (C=O) groups excluding carboxylic acids is 1. The van der Waals surface area contributed by atoms with E-state index in [1.807, 2.05) is 0 Å². The van der Waals surface area contributed by atoms with Crippen molar-refractivity contribution in [2.45, 2.75) is 6.92 Å². The summed E-state index contributed by atoms with van der Waals surface area (Å²) < 4.78 is 10.5. The molecule has 0 fully saturated rings. The Labute approximate surface area is 136 Å². The van der Waals surface area contributed by atoms with E-state index in [2.05, 4.69) is 10.3 Å². The van der Waals surface area contributed by atoms with Crippen molar-refractivity contribution in [1.82, 2.24) is 4.98 Å². The predicted molar refractivity (Wildman–Crippen MR) is 88.0 cm³/mol. The summed E-state index contributed by atoms with van der Waals surface area (Å²) in [6.45, 7) is 1.93. The van der Waals surface area contributed by atoms with Crippen molar-refractivity contribution >= 4 is 22.7 Å². The van der Waals surface area contributed by atoms with Gasteiger partial charge in [0.2, 0.25) is 0 Å². The molecule has 2 N–H and O–H groups in total. The number of aromatic nitrogens is 1. The third kappa shape index (κ3) is 3.05. The fourth-order valence-electron chi connectivity index (χ4n) is 2.24. The van der Waals surface area contributed by atoms with Gasteiger partial charge in [-0.05, 0) is 37.3 Å². The Kier molecular flexibility index (Phi) is 4.15. The Bertz CT molecular complexity index is 965. The van der Waals surface area contributed by atoms with Gasteiger partial charge in [-0.1, -0.05) is 0 Å². The fraction of sp³-hybridized carbons (Fsp3) is 0.118. The zero-order valence-corrected chi connectivity index (χ0v) is 12.8. The number of carbonyl (C=O) groups is 1. The maximum atomic E-state index is 12.3. The van der Waals surface area contributed by atoms with Crippen molar-refractivity contribution in [1.29, 1.82) is 0 Å². The smallest absolute Gasteiger partial charge is 0.411 e. The molecule has 0 spiro atoms. The molecule has 1 amide bonds. The molecule has 0 saturated carbocycles. The van der Waals surface area contributed by atoms with Gasteiger partial charge in [-0.2, -0.15) is 0 Å². The summed E-state index contributed by atoms with van der Waals surface area (Å²) in [5.41, 5.74) is 0.646. The Balaban J connectivity index is 2.09. The molecule has 122 valence electrons. The van der Waals surface area contributed by atoms with E-state index in [-0.39, 0.29) is 28.9 Å². The van der Waals surface area contributed by atoms with Crippen molar-refractivity contribution < 1.29 is 19.1 Å². The number of rotatable bonds is 3. The third-order valence-corrected chi connectivity index (χ3v) is 3.26. The highest BCUT2D eigenvalue weighted by Crippen LogP contribution is 2.28. The van der Waals surface area contributed by atoms with E-state index >= 15 is 0 Å². The summed E-state index contributed by atoms with van der Waals surface area (Å²) in [5, 5.41) is 12.3. The molecule has 0 aliphatic rings. The van der Waals surface area contributed by atoms with Gasteiger partial charge < -0.3 is 14.3 Å². The number of anilines is 1. The van der Waals surface area contributed by atoms with E-state index in [0.717, 1.165) is 0 Å². The minimum absolute atomic E-state index is 0.0231. The second-order valence-electron chi connectivity index (χ2n) is 4.90. The molecule has 24 heavy (non-hydrogen) atoms. The number of ether oxygens (including phenoxy) is 1. The Morgan fingerprint density at radius 1 is 1.33 bits per heavy atom. The van der Waals surface area contributed by atoms with E-state index in [1.165, 1.54) is 30.5 Å². The first-order valence-electron chi connectivity index (χ1n) is 7.24. The number of amides is 1. The first kappa shape index (κ1) is 15.5. The maximum absolute atomic E-state index is 12.3. The number of fused-ring (bicyclic) bond motifs is 1. The van der Waals surface area contributed by atoms with Gasteiger partial charge in [0.05, 0.1) is 17.7 Å². The van der Waals surface area contributed by atoms with Crippen LogP contribution in [0.5, 0.6) is 5.75 Å². The van der Waals surface area contributed by atoms with Crippen LogP contribution in [0.2, 0.25) is 0 Å². The van der Waals surface area contributed by atoms with Crippen LogP contribution in [0.3, 0.4) is 0 Å². The number of hydrogen-bond acceptors (Lipinski definition) is 6. The monoisotopic (exact) mass is 326 g/mol. The van der Waals surface area contributed by atoms with Crippen LogP contribution in [-0.2, 0) is 4.74 Å². The van der Waals surface area contributed by atoms with Crippen molar-refractivity contribution in [3.63, 3.8) is 0 Å². The Morgan fingerprint density at radius 2 is 2.17 bits per heavy atom. The second kappa shape index (κ2) is 6.41. The van der Waals surface area contributed by atoms with Crippen molar-refractivity contribution in [3.8, 4) is 17.2 Å². The maximum Gasteiger partial charge on any atom is 0.411 e. The van der Waals surface area contributed by atoms with Gasteiger partial charge in [0.1, 0.15) is 17.0 Å². The van der Waals surface area contributed by atoms with Gasteiger partial charge in [-0.3, -0.25) is 15.1 Å². The first-order valence-corrected chi connectivity index (χ1v) is 7.24. The second-order valence-corrected chi connectivity index (χ2v) is 4.90. The SMILES string of the molecule is CCOC(=O)Nc1cccnc1-c1cc(=O)c2cc(O)ccc2o1. The molecule has 7 nitrogen and oxygen atoms in total. The Hall–Kier alpha value is -3.35. The molecule has 3 aromatic rings. The van der Waals surface area contributed by atoms with Crippen molar-refractivity contribution in [2.24, 2.45) is 0 Å². The van der Waals surface area contributed by atoms with Crippen molar-refractivity contribution in [3.05, 3.63) is 52.8 Å². The quantitative estimate of drug-likeness (QED) is 0.766. The molecule has 0 radical (unpaired) electrons. The number of pyridine rings is 1. The van der Waals surface area contributed by atoms with E-state index < -0.39 is 6.09 Å². The number of benzene rings is 1. The topological polar surface area (TPSA) is 102 Å². The lowest BCUT2D eigenvalue weighted by atomic mass is 10.1. The van der Waals surface area contributed by atoms with E-state index in [4.69, 9.17) is 9.15 Å². The molecule has 0 atom stereocenters. The molecule has 0 unspecified atom stereocenters. The molecule has 2 heterocycles. The number of phenols is 1. The van der Waals surface area contributed by atoms with Crippen LogP contribution in [-0.4, -0.2) is 22.8 Å². The lowest BCUT2D eigenvalue weighted by Gasteiger charge is -2.09. The molecule has 0 aliphatic carbocycles. The van der Waals surface area contributed by atoms with Crippen LogP contribution >= 0.6 is 0 Å². The molecule has 2 aromatic heterocycles. The van der Waals surface area contributed by atoms with Crippen LogP contribution in [0.4, 0.5) is 10.5 Å². The van der Waals surface area contributed by atoms with Gasteiger partial charge in [0, 0.05) is 12.3 Å².